The third-order valence-corrected chi connectivity index (χ3v) is 3.86. The Morgan fingerprint density at radius 2 is 2.06 bits per heavy atom. The maximum absolute atomic E-state index is 12.1. The minimum absolute atomic E-state index is 0.0609. The van der Waals surface area contributed by atoms with Crippen molar-refractivity contribution in [3.63, 3.8) is 0 Å². The van der Waals surface area contributed by atoms with Crippen molar-refractivity contribution in [3.8, 4) is 0 Å². The highest BCUT2D eigenvalue weighted by Crippen LogP contribution is 2.19. The lowest BCUT2D eigenvalue weighted by Crippen LogP contribution is -2.14. The molecule has 1 N–H and O–H groups in total. The van der Waals surface area contributed by atoms with Gasteiger partial charge in [0.15, 0.2) is 0 Å². The highest BCUT2D eigenvalue weighted by atomic mass is 35.5. The van der Waals surface area contributed by atoms with Crippen molar-refractivity contribution >= 4 is 27.3 Å². The molecule has 0 aliphatic carbocycles. The second-order valence-corrected chi connectivity index (χ2v) is 5.68. The molecule has 0 aromatic carbocycles. The van der Waals surface area contributed by atoms with Gasteiger partial charge in [0.2, 0.25) is 0 Å². The minimum Gasteiger partial charge on any atom is -0.278 e. The Kier molecular flexibility index (Phi) is 3.49. The smallest absolute Gasteiger partial charge is 0.262 e. The van der Waals surface area contributed by atoms with Gasteiger partial charge in [-0.3, -0.25) is 9.71 Å². The lowest BCUT2D eigenvalue weighted by atomic mass is 10.3. The Hall–Kier alpha value is -1.66. The van der Waals surface area contributed by atoms with Crippen LogP contribution in [0.5, 0.6) is 0 Å². The second kappa shape index (κ2) is 4.91. The number of anilines is 1. The van der Waals surface area contributed by atoms with Crippen molar-refractivity contribution < 1.29 is 8.42 Å². The predicted molar refractivity (Wildman–Crippen MR) is 69.0 cm³/mol. The van der Waals surface area contributed by atoms with Crippen LogP contribution in [-0.2, 0) is 10.0 Å². The summed E-state index contributed by atoms with van der Waals surface area (Å²) >= 11 is 5.67. The number of pyridine rings is 2. The van der Waals surface area contributed by atoms with Gasteiger partial charge in [-0.1, -0.05) is 11.6 Å². The molecular formula is C11H10ClN3O2S. The van der Waals surface area contributed by atoms with E-state index in [2.05, 4.69) is 14.7 Å². The van der Waals surface area contributed by atoms with Crippen LogP contribution < -0.4 is 4.72 Å². The molecule has 2 heterocycles. The molecule has 2 aromatic heterocycles. The van der Waals surface area contributed by atoms with Crippen LogP contribution in [0.1, 0.15) is 5.56 Å². The second-order valence-electron chi connectivity index (χ2n) is 3.61. The fourth-order valence-corrected chi connectivity index (χ4v) is 2.69. The molecule has 0 unspecified atom stereocenters. The topological polar surface area (TPSA) is 72.0 Å². The Balaban J connectivity index is 2.37. The molecule has 0 aliphatic heterocycles. The van der Waals surface area contributed by atoms with E-state index in [-0.39, 0.29) is 10.0 Å². The van der Waals surface area contributed by atoms with Crippen molar-refractivity contribution in [1.29, 1.82) is 0 Å². The van der Waals surface area contributed by atoms with Crippen LogP contribution in [0.25, 0.3) is 0 Å². The number of hydrogen-bond acceptors (Lipinski definition) is 4. The molecule has 0 fully saturated rings. The summed E-state index contributed by atoms with van der Waals surface area (Å²) in [5, 5.41) is 0.126. The molecule has 0 spiro atoms. The van der Waals surface area contributed by atoms with E-state index in [0.29, 0.717) is 5.69 Å². The minimum atomic E-state index is -3.67. The first-order chi connectivity index (χ1) is 8.49. The average Bonchev–Trinajstić information content (AvgIpc) is 2.32. The van der Waals surface area contributed by atoms with Crippen LogP contribution in [0.3, 0.4) is 0 Å². The quantitative estimate of drug-likeness (QED) is 0.877. The van der Waals surface area contributed by atoms with Gasteiger partial charge >= 0.3 is 0 Å². The molecule has 0 atom stereocenters. The number of aryl methyl sites for hydroxylation is 1. The van der Waals surface area contributed by atoms with Crippen LogP contribution in [0.4, 0.5) is 5.69 Å². The van der Waals surface area contributed by atoms with E-state index in [1.807, 2.05) is 0 Å². The van der Waals surface area contributed by atoms with Gasteiger partial charge in [0.25, 0.3) is 10.0 Å². The van der Waals surface area contributed by atoms with Crippen LogP contribution in [0, 0.1) is 6.92 Å². The van der Waals surface area contributed by atoms with Gasteiger partial charge < -0.3 is 0 Å². The molecule has 2 aromatic rings. The Bertz CT molecular complexity index is 673. The average molecular weight is 284 g/mol. The molecule has 2 rings (SSSR count). The number of nitrogens with one attached hydrogen (secondary N) is 1. The first-order valence-electron chi connectivity index (χ1n) is 5.04. The summed E-state index contributed by atoms with van der Waals surface area (Å²) in [6, 6.07) is 4.38. The molecule has 94 valence electrons. The lowest BCUT2D eigenvalue weighted by Gasteiger charge is -2.09. The highest BCUT2D eigenvalue weighted by Gasteiger charge is 2.15. The third kappa shape index (κ3) is 2.77. The zero-order valence-corrected chi connectivity index (χ0v) is 11.0. The first kappa shape index (κ1) is 12.8. The van der Waals surface area contributed by atoms with Gasteiger partial charge in [0, 0.05) is 12.4 Å². The summed E-state index contributed by atoms with van der Waals surface area (Å²) in [5.41, 5.74) is 1.22. The van der Waals surface area contributed by atoms with Crippen LogP contribution in [-0.4, -0.2) is 18.4 Å². The number of aromatic nitrogens is 2. The monoisotopic (exact) mass is 283 g/mol. The predicted octanol–water partition coefficient (Wildman–Crippen LogP) is 2.24. The Labute approximate surface area is 110 Å². The summed E-state index contributed by atoms with van der Waals surface area (Å²) in [6.45, 7) is 1.79. The van der Waals surface area contributed by atoms with Crippen molar-refractivity contribution in [2.75, 3.05) is 4.72 Å². The lowest BCUT2D eigenvalue weighted by molar-refractivity contribution is 0.601. The molecule has 0 bridgehead atoms. The van der Waals surface area contributed by atoms with E-state index < -0.39 is 10.0 Å². The molecule has 5 nitrogen and oxygen atoms in total. The molecular weight excluding hydrogens is 274 g/mol. The SMILES string of the molecule is Cc1ccncc1NS(=O)(=O)c1ccnc(Cl)c1. The Morgan fingerprint density at radius 1 is 1.28 bits per heavy atom. The summed E-state index contributed by atoms with van der Waals surface area (Å²) < 4.78 is 26.6. The molecule has 0 saturated carbocycles. The van der Waals surface area contributed by atoms with E-state index in [4.69, 9.17) is 11.6 Å². The molecule has 0 saturated heterocycles. The van der Waals surface area contributed by atoms with Gasteiger partial charge in [0.1, 0.15) is 5.15 Å². The molecule has 0 aliphatic rings. The van der Waals surface area contributed by atoms with Gasteiger partial charge in [-0.05, 0) is 30.7 Å². The zero-order chi connectivity index (χ0) is 13.2. The van der Waals surface area contributed by atoms with Gasteiger partial charge in [-0.25, -0.2) is 13.4 Å². The number of halogens is 1. The van der Waals surface area contributed by atoms with E-state index in [0.717, 1.165) is 5.56 Å². The maximum atomic E-state index is 12.1. The standard InChI is InChI=1S/C11H10ClN3O2S/c1-8-2-4-13-7-10(8)15-18(16,17)9-3-5-14-11(12)6-9/h2-7,15H,1H3. The van der Waals surface area contributed by atoms with Crippen LogP contribution >= 0.6 is 11.6 Å². The van der Waals surface area contributed by atoms with E-state index in [1.54, 1.807) is 19.2 Å². The van der Waals surface area contributed by atoms with E-state index in [9.17, 15) is 8.42 Å². The van der Waals surface area contributed by atoms with E-state index in [1.165, 1.54) is 24.5 Å². The highest BCUT2D eigenvalue weighted by molar-refractivity contribution is 7.92. The van der Waals surface area contributed by atoms with Crippen LogP contribution in [0.15, 0.2) is 41.7 Å². The zero-order valence-electron chi connectivity index (χ0n) is 9.46. The molecule has 18 heavy (non-hydrogen) atoms. The van der Waals surface area contributed by atoms with Crippen molar-refractivity contribution in [1.82, 2.24) is 9.97 Å². The largest absolute Gasteiger partial charge is 0.278 e. The number of sulfonamides is 1. The fraction of sp³-hybridized carbons (Fsp3) is 0.0909. The summed E-state index contributed by atoms with van der Waals surface area (Å²) in [4.78, 5) is 7.68. The van der Waals surface area contributed by atoms with Crippen molar-refractivity contribution in [2.45, 2.75) is 11.8 Å². The van der Waals surface area contributed by atoms with E-state index >= 15 is 0 Å². The first-order valence-corrected chi connectivity index (χ1v) is 6.90. The third-order valence-electron chi connectivity index (χ3n) is 2.29. The summed E-state index contributed by atoms with van der Waals surface area (Å²) in [5.74, 6) is 0. The number of hydrogen-bond donors (Lipinski definition) is 1. The molecule has 0 amide bonds. The van der Waals surface area contributed by atoms with Crippen LogP contribution in [0.2, 0.25) is 5.15 Å². The molecule has 0 radical (unpaired) electrons. The normalized spacial score (nSPS) is 11.2. The van der Waals surface area contributed by atoms with Gasteiger partial charge in [-0.15, -0.1) is 0 Å². The van der Waals surface area contributed by atoms with Crippen molar-refractivity contribution in [3.05, 3.63) is 47.5 Å². The summed E-state index contributed by atoms with van der Waals surface area (Å²) in [6.07, 6.45) is 4.39. The van der Waals surface area contributed by atoms with Gasteiger partial charge in [0.05, 0.1) is 16.8 Å². The maximum Gasteiger partial charge on any atom is 0.262 e. The number of nitrogens with zero attached hydrogens (tertiary/aromatic N) is 2. The number of rotatable bonds is 3. The van der Waals surface area contributed by atoms with Crippen molar-refractivity contribution in [2.24, 2.45) is 0 Å². The summed E-state index contributed by atoms with van der Waals surface area (Å²) in [7, 11) is -3.67. The fourth-order valence-electron chi connectivity index (χ4n) is 1.33. The Morgan fingerprint density at radius 3 is 2.72 bits per heavy atom. The molecule has 7 heteroatoms. The van der Waals surface area contributed by atoms with Gasteiger partial charge in [-0.2, -0.15) is 0 Å².